The summed E-state index contributed by atoms with van der Waals surface area (Å²) in [6, 6.07) is -0.477. The van der Waals surface area contributed by atoms with E-state index < -0.39 is 17.7 Å². The maximum Gasteiger partial charge on any atom is 0.408 e. The molecule has 0 aromatic heterocycles. The van der Waals surface area contributed by atoms with Crippen molar-refractivity contribution in [1.29, 1.82) is 0 Å². The van der Waals surface area contributed by atoms with Gasteiger partial charge in [0.2, 0.25) is 0 Å². The average molecular weight is 201 g/mol. The Morgan fingerprint density at radius 2 is 1.86 bits per heavy atom. The summed E-state index contributed by atoms with van der Waals surface area (Å²) < 4.78 is 5.00. The minimum absolute atomic E-state index is 0.00383. The summed E-state index contributed by atoms with van der Waals surface area (Å²) in [7, 11) is 0. The van der Waals surface area contributed by atoms with Crippen LogP contribution in [0, 0.1) is 0 Å². The Morgan fingerprint density at radius 1 is 1.36 bits per heavy atom. The number of alkyl carbamates (subject to hydrolysis) is 1. The van der Waals surface area contributed by atoms with E-state index in [2.05, 4.69) is 5.32 Å². The van der Waals surface area contributed by atoms with E-state index in [1.54, 1.807) is 34.6 Å². The molecule has 0 fully saturated rings. The van der Waals surface area contributed by atoms with Gasteiger partial charge >= 0.3 is 6.09 Å². The molecular formula is C10H19NO3. The van der Waals surface area contributed by atoms with E-state index >= 15 is 0 Å². The molecule has 0 aliphatic heterocycles. The summed E-state index contributed by atoms with van der Waals surface area (Å²) in [5, 5.41) is 2.48. The molecular weight excluding hydrogens is 182 g/mol. The van der Waals surface area contributed by atoms with Crippen LogP contribution in [0.3, 0.4) is 0 Å². The van der Waals surface area contributed by atoms with Crippen LogP contribution >= 0.6 is 0 Å². The Balaban J connectivity index is 4.01. The minimum Gasteiger partial charge on any atom is -0.444 e. The van der Waals surface area contributed by atoms with Gasteiger partial charge in [-0.1, -0.05) is 6.92 Å². The third kappa shape index (κ3) is 5.56. The second-order valence-electron chi connectivity index (χ2n) is 4.19. The molecule has 0 aliphatic carbocycles. The van der Waals surface area contributed by atoms with Crippen LogP contribution in [0.5, 0.6) is 0 Å². The maximum absolute atomic E-state index is 11.2. The number of Topliss-reactive ketones (excluding diaryl/α,β-unsaturated/α-hetero) is 1. The van der Waals surface area contributed by atoms with E-state index in [-0.39, 0.29) is 5.78 Å². The van der Waals surface area contributed by atoms with Crippen molar-refractivity contribution in [3.05, 3.63) is 0 Å². The Morgan fingerprint density at radius 3 is 2.21 bits per heavy atom. The van der Waals surface area contributed by atoms with Gasteiger partial charge < -0.3 is 10.1 Å². The van der Waals surface area contributed by atoms with Crippen LogP contribution in [-0.2, 0) is 9.53 Å². The average Bonchev–Trinajstić information content (AvgIpc) is 1.99. The molecule has 0 bridgehead atoms. The molecule has 1 amide bonds. The molecule has 0 aliphatic rings. The molecule has 4 nitrogen and oxygen atoms in total. The van der Waals surface area contributed by atoms with Gasteiger partial charge in [-0.3, -0.25) is 4.79 Å². The zero-order valence-electron chi connectivity index (χ0n) is 9.51. The molecule has 4 heteroatoms. The number of hydrogen-bond donors (Lipinski definition) is 1. The van der Waals surface area contributed by atoms with E-state index in [0.29, 0.717) is 6.42 Å². The first kappa shape index (κ1) is 12.9. The number of ketones is 1. The van der Waals surface area contributed by atoms with Crippen LogP contribution in [-0.4, -0.2) is 23.5 Å². The van der Waals surface area contributed by atoms with E-state index in [4.69, 9.17) is 4.74 Å². The van der Waals surface area contributed by atoms with Crippen molar-refractivity contribution >= 4 is 11.9 Å². The fourth-order valence-electron chi connectivity index (χ4n) is 0.871. The standard InChI is InChI=1S/C10H19NO3/c1-6-8(12)7(2)11-9(13)14-10(3,4)5/h7H,6H2,1-5H3,(H,11,13)/t7-/m1/s1. The molecule has 0 unspecified atom stereocenters. The summed E-state index contributed by atoms with van der Waals surface area (Å²) in [6.07, 6.45) is -0.136. The van der Waals surface area contributed by atoms with Gasteiger partial charge in [0.05, 0.1) is 6.04 Å². The highest BCUT2D eigenvalue weighted by molar-refractivity contribution is 5.86. The van der Waals surface area contributed by atoms with Crippen molar-refractivity contribution in [3.8, 4) is 0 Å². The quantitative estimate of drug-likeness (QED) is 0.758. The SMILES string of the molecule is CCC(=O)[C@@H](C)NC(=O)OC(C)(C)C. The number of amides is 1. The zero-order chi connectivity index (χ0) is 11.4. The Kier molecular flexibility index (Phi) is 4.60. The van der Waals surface area contributed by atoms with E-state index in [9.17, 15) is 9.59 Å². The van der Waals surface area contributed by atoms with Gasteiger partial charge in [-0.15, -0.1) is 0 Å². The Bertz CT molecular complexity index is 218. The third-order valence-electron chi connectivity index (χ3n) is 1.56. The van der Waals surface area contributed by atoms with E-state index in [1.807, 2.05) is 0 Å². The van der Waals surface area contributed by atoms with Crippen molar-refractivity contribution in [2.75, 3.05) is 0 Å². The second kappa shape index (κ2) is 4.98. The monoisotopic (exact) mass is 201 g/mol. The lowest BCUT2D eigenvalue weighted by Gasteiger charge is -2.21. The molecule has 0 saturated carbocycles. The van der Waals surface area contributed by atoms with Crippen LogP contribution < -0.4 is 5.32 Å². The molecule has 0 saturated heterocycles. The molecule has 14 heavy (non-hydrogen) atoms. The topological polar surface area (TPSA) is 55.4 Å². The molecule has 0 heterocycles. The van der Waals surface area contributed by atoms with Crippen LogP contribution in [0.1, 0.15) is 41.0 Å². The number of carbonyl (C=O) groups excluding carboxylic acids is 2. The van der Waals surface area contributed by atoms with Gasteiger partial charge in [-0.2, -0.15) is 0 Å². The number of hydrogen-bond acceptors (Lipinski definition) is 3. The summed E-state index contributed by atoms with van der Waals surface area (Å²) in [5.74, 6) is -0.00383. The van der Waals surface area contributed by atoms with Gasteiger partial charge in [0.15, 0.2) is 5.78 Å². The molecule has 0 rings (SSSR count). The highest BCUT2D eigenvalue weighted by atomic mass is 16.6. The highest BCUT2D eigenvalue weighted by Crippen LogP contribution is 2.06. The molecule has 0 radical (unpaired) electrons. The largest absolute Gasteiger partial charge is 0.444 e. The molecule has 1 N–H and O–H groups in total. The first-order valence-electron chi connectivity index (χ1n) is 4.78. The van der Waals surface area contributed by atoms with E-state index in [1.165, 1.54) is 0 Å². The molecule has 0 aromatic rings. The number of carbonyl (C=O) groups is 2. The summed E-state index contributed by atoms with van der Waals surface area (Å²) in [6.45, 7) is 8.74. The van der Waals surface area contributed by atoms with Gasteiger partial charge in [0.25, 0.3) is 0 Å². The summed E-state index contributed by atoms with van der Waals surface area (Å²) >= 11 is 0. The van der Waals surface area contributed by atoms with Gasteiger partial charge in [0.1, 0.15) is 5.60 Å². The summed E-state index contributed by atoms with van der Waals surface area (Å²) in [5.41, 5.74) is -0.529. The second-order valence-corrected chi connectivity index (χ2v) is 4.19. The van der Waals surface area contributed by atoms with Gasteiger partial charge in [-0.25, -0.2) is 4.79 Å². The summed E-state index contributed by atoms with van der Waals surface area (Å²) in [4.78, 5) is 22.3. The smallest absolute Gasteiger partial charge is 0.408 e. The zero-order valence-corrected chi connectivity index (χ0v) is 9.51. The van der Waals surface area contributed by atoms with Crippen LogP contribution in [0.15, 0.2) is 0 Å². The molecule has 1 atom stereocenters. The van der Waals surface area contributed by atoms with Crippen molar-refractivity contribution in [2.45, 2.75) is 52.7 Å². The fourth-order valence-corrected chi connectivity index (χ4v) is 0.871. The van der Waals surface area contributed by atoms with Gasteiger partial charge in [0, 0.05) is 6.42 Å². The first-order valence-corrected chi connectivity index (χ1v) is 4.78. The normalized spacial score (nSPS) is 13.2. The minimum atomic E-state index is -0.549. The molecule has 0 aromatic carbocycles. The predicted molar refractivity (Wildman–Crippen MR) is 54.1 cm³/mol. The van der Waals surface area contributed by atoms with Crippen LogP contribution in [0.4, 0.5) is 4.79 Å². The number of rotatable bonds is 3. The lowest BCUT2D eigenvalue weighted by atomic mass is 10.2. The van der Waals surface area contributed by atoms with E-state index in [0.717, 1.165) is 0 Å². The molecule has 82 valence electrons. The Hall–Kier alpha value is -1.06. The Labute approximate surface area is 85.0 Å². The lowest BCUT2D eigenvalue weighted by Crippen LogP contribution is -2.41. The van der Waals surface area contributed by atoms with Crippen molar-refractivity contribution < 1.29 is 14.3 Å². The van der Waals surface area contributed by atoms with Crippen molar-refractivity contribution in [1.82, 2.24) is 5.32 Å². The lowest BCUT2D eigenvalue weighted by molar-refractivity contribution is -0.120. The van der Waals surface area contributed by atoms with Crippen molar-refractivity contribution in [2.24, 2.45) is 0 Å². The molecule has 0 spiro atoms. The number of ether oxygens (including phenoxy) is 1. The fraction of sp³-hybridized carbons (Fsp3) is 0.800. The predicted octanol–water partition coefficient (Wildman–Crippen LogP) is 1.88. The number of nitrogens with one attached hydrogen (secondary N) is 1. The highest BCUT2D eigenvalue weighted by Gasteiger charge is 2.19. The third-order valence-corrected chi connectivity index (χ3v) is 1.56. The maximum atomic E-state index is 11.2. The van der Waals surface area contributed by atoms with Crippen LogP contribution in [0.2, 0.25) is 0 Å². The van der Waals surface area contributed by atoms with Crippen molar-refractivity contribution in [3.63, 3.8) is 0 Å². The van der Waals surface area contributed by atoms with Crippen LogP contribution in [0.25, 0.3) is 0 Å². The van der Waals surface area contributed by atoms with Gasteiger partial charge in [-0.05, 0) is 27.7 Å². The first-order chi connectivity index (χ1) is 6.26.